The van der Waals surface area contributed by atoms with Crippen LogP contribution in [0.5, 0.6) is 0 Å². The molecule has 0 saturated heterocycles. The van der Waals surface area contributed by atoms with Crippen LogP contribution in [0.25, 0.3) is 10.9 Å². The second-order valence-corrected chi connectivity index (χ2v) is 8.09. The highest BCUT2D eigenvalue weighted by molar-refractivity contribution is 5.92. The van der Waals surface area contributed by atoms with E-state index in [4.69, 9.17) is 0 Å². The van der Waals surface area contributed by atoms with Crippen molar-refractivity contribution in [1.29, 1.82) is 0 Å². The van der Waals surface area contributed by atoms with Crippen LogP contribution in [0.1, 0.15) is 27.0 Å². The van der Waals surface area contributed by atoms with Gasteiger partial charge in [0.25, 0.3) is 0 Å². The highest BCUT2D eigenvalue weighted by atomic mass is 16.4. The molecule has 3 aromatic carbocycles. The monoisotopic (exact) mass is 442 g/mol. The van der Waals surface area contributed by atoms with Crippen molar-refractivity contribution in [1.82, 2.24) is 4.57 Å². The van der Waals surface area contributed by atoms with Crippen LogP contribution in [0.4, 0.5) is 5.69 Å². The number of carboxylic acid groups (broad SMARTS) is 1. The summed E-state index contributed by atoms with van der Waals surface area (Å²) in [5.74, 6) is -1.27. The van der Waals surface area contributed by atoms with Gasteiger partial charge in [0.2, 0.25) is 5.43 Å². The van der Waals surface area contributed by atoms with Crippen LogP contribution in [0.3, 0.4) is 0 Å². The summed E-state index contributed by atoms with van der Waals surface area (Å²) in [7, 11) is 2.05. The van der Waals surface area contributed by atoms with E-state index in [9.17, 15) is 19.8 Å². The van der Waals surface area contributed by atoms with Crippen molar-refractivity contribution in [3.8, 4) is 0 Å². The Morgan fingerprint density at radius 1 is 0.970 bits per heavy atom. The first-order chi connectivity index (χ1) is 16.0. The summed E-state index contributed by atoms with van der Waals surface area (Å²) in [4.78, 5) is 26.6. The molecule has 0 spiro atoms. The summed E-state index contributed by atoms with van der Waals surface area (Å²) in [5, 5.41) is 19.2. The Kier molecular flexibility index (Phi) is 6.56. The van der Waals surface area contributed by atoms with E-state index in [2.05, 4.69) is 36.2 Å². The lowest BCUT2D eigenvalue weighted by Crippen LogP contribution is -2.20. The van der Waals surface area contributed by atoms with Gasteiger partial charge in [-0.05, 0) is 41.3 Å². The van der Waals surface area contributed by atoms with E-state index in [0.29, 0.717) is 17.3 Å². The molecule has 0 amide bonds. The van der Waals surface area contributed by atoms with Gasteiger partial charge in [0.15, 0.2) is 0 Å². The minimum Gasteiger partial charge on any atom is -0.477 e. The third-order valence-electron chi connectivity index (χ3n) is 5.78. The van der Waals surface area contributed by atoms with Crippen LogP contribution in [-0.4, -0.2) is 34.4 Å². The molecule has 0 fully saturated rings. The third kappa shape index (κ3) is 4.81. The fourth-order valence-corrected chi connectivity index (χ4v) is 4.19. The number of aromatic nitrogens is 1. The number of hydrogen-bond acceptors (Lipinski definition) is 4. The van der Waals surface area contributed by atoms with Crippen molar-refractivity contribution < 1.29 is 15.0 Å². The quantitative estimate of drug-likeness (QED) is 0.432. The maximum Gasteiger partial charge on any atom is 0.341 e. The standard InChI is InChI=1S/C27H26N2O4/c1-28(17-19-7-3-2-4-8-19)24-10-6-5-9-21(24)15-20-11-12-25-22(16-20)26(31)23(27(32)33)18-29(25)13-14-30/h2-12,16,18,30H,13-15,17H2,1H3,(H,32,33). The van der Waals surface area contributed by atoms with Crippen LogP contribution in [0.2, 0.25) is 0 Å². The minimum absolute atomic E-state index is 0.153. The van der Waals surface area contributed by atoms with Crippen molar-refractivity contribution in [2.24, 2.45) is 0 Å². The normalized spacial score (nSPS) is 11.0. The first-order valence-electron chi connectivity index (χ1n) is 10.8. The average Bonchev–Trinajstić information content (AvgIpc) is 2.82. The summed E-state index contributed by atoms with van der Waals surface area (Å²) in [5.41, 5.74) is 4.14. The molecule has 0 saturated carbocycles. The molecular weight excluding hydrogens is 416 g/mol. The number of benzene rings is 3. The number of aliphatic hydroxyl groups excluding tert-OH is 1. The predicted molar refractivity (Wildman–Crippen MR) is 130 cm³/mol. The van der Waals surface area contributed by atoms with Gasteiger partial charge in [0.1, 0.15) is 5.56 Å². The number of anilines is 1. The number of rotatable bonds is 8. The van der Waals surface area contributed by atoms with Gasteiger partial charge in [-0.1, -0.05) is 54.6 Å². The fraction of sp³-hybridized carbons (Fsp3) is 0.185. The lowest BCUT2D eigenvalue weighted by molar-refractivity contribution is 0.0694. The Balaban J connectivity index is 1.71. The van der Waals surface area contributed by atoms with E-state index in [1.165, 1.54) is 11.8 Å². The smallest absolute Gasteiger partial charge is 0.341 e. The third-order valence-corrected chi connectivity index (χ3v) is 5.78. The predicted octanol–water partition coefficient (Wildman–Crippen LogP) is 3.92. The number of fused-ring (bicyclic) bond motifs is 1. The van der Waals surface area contributed by atoms with Gasteiger partial charge in [-0.2, -0.15) is 0 Å². The Morgan fingerprint density at radius 3 is 2.42 bits per heavy atom. The largest absolute Gasteiger partial charge is 0.477 e. The lowest BCUT2D eigenvalue weighted by atomic mass is 10.00. The SMILES string of the molecule is CN(Cc1ccccc1)c1ccccc1Cc1ccc2c(c1)c(=O)c(C(=O)O)cn2CCO. The highest BCUT2D eigenvalue weighted by Gasteiger charge is 2.16. The maximum absolute atomic E-state index is 12.8. The number of aromatic carboxylic acids is 1. The van der Waals surface area contributed by atoms with Crippen LogP contribution >= 0.6 is 0 Å². The first kappa shape index (κ1) is 22.3. The number of carboxylic acids is 1. The van der Waals surface area contributed by atoms with E-state index < -0.39 is 11.4 Å². The Hall–Kier alpha value is -3.90. The molecule has 4 aromatic rings. The van der Waals surface area contributed by atoms with E-state index in [1.807, 2.05) is 42.5 Å². The molecule has 0 aliphatic heterocycles. The van der Waals surface area contributed by atoms with Crippen LogP contribution < -0.4 is 10.3 Å². The molecule has 1 heterocycles. The summed E-state index contributed by atoms with van der Waals surface area (Å²) < 4.78 is 1.62. The Morgan fingerprint density at radius 2 is 1.70 bits per heavy atom. The highest BCUT2D eigenvalue weighted by Crippen LogP contribution is 2.25. The molecule has 0 unspecified atom stereocenters. The second kappa shape index (κ2) is 9.71. The van der Waals surface area contributed by atoms with Gasteiger partial charge in [0.05, 0.1) is 12.1 Å². The van der Waals surface area contributed by atoms with Gasteiger partial charge in [-0.3, -0.25) is 4.79 Å². The van der Waals surface area contributed by atoms with Crippen molar-refractivity contribution in [2.75, 3.05) is 18.6 Å². The van der Waals surface area contributed by atoms with Crippen molar-refractivity contribution in [3.63, 3.8) is 0 Å². The minimum atomic E-state index is -1.27. The average molecular weight is 443 g/mol. The number of para-hydroxylation sites is 1. The topological polar surface area (TPSA) is 82.8 Å². The van der Waals surface area contributed by atoms with Crippen LogP contribution in [0.15, 0.2) is 83.8 Å². The molecule has 4 rings (SSSR count). The van der Waals surface area contributed by atoms with E-state index >= 15 is 0 Å². The Labute approximate surface area is 192 Å². The van der Waals surface area contributed by atoms with E-state index in [-0.39, 0.29) is 18.7 Å². The van der Waals surface area contributed by atoms with Crippen LogP contribution in [0, 0.1) is 0 Å². The Bertz CT molecular complexity index is 1350. The number of hydrogen-bond donors (Lipinski definition) is 2. The zero-order chi connectivity index (χ0) is 23.4. The molecule has 168 valence electrons. The fourth-order valence-electron chi connectivity index (χ4n) is 4.19. The molecule has 0 bridgehead atoms. The molecule has 0 atom stereocenters. The number of aliphatic hydroxyl groups is 1. The van der Waals surface area contributed by atoms with E-state index in [1.54, 1.807) is 10.6 Å². The summed E-state index contributed by atoms with van der Waals surface area (Å²) in [6.45, 7) is 0.826. The van der Waals surface area contributed by atoms with Gasteiger partial charge in [0, 0.05) is 37.4 Å². The summed E-state index contributed by atoms with van der Waals surface area (Å²) >= 11 is 0. The van der Waals surface area contributed by atoms with E-state index in [0.717, 1.165) is 23.4 Å². The van der Waals surface area contributed by atoms with Gasteiger partial charge < -0.3 is 19.7 Å². The number of pyridine rings is 1. The van der Waals surface area contributed by atoms with Crippen molar-refractivity contribution in [3.05, 3.63) is 111 Å². The van der Waals surface area contributed by atoms with Crippen molar-refractivity contribution >= 4 is 22.6 Å². The number of nitrogens with zero attached hydrogens (tertiary/aromatic N) is 2. The second-order valence-electron chi connectivity index (χ2n) is 8.09. The molecule has 6 nitrogen and oxygen atoms in total. The molecule has 0 radical (unpaired) electrons. The molecule has 6 heteroatoms. The van der Waals surface area contributed by atoms with Crippen LogP contribution in [-0.2, 0) is 19.5 Å². The zero-order valence-electron chi connectivity index (χ0n) is 18.4. The molecule has 0 aliphatic carbocycles. The molecule has 1 aromatic heterocycles. The van der Waals surface area contributed by atoms with Gasteiger partial charge >= 0.3 is 5.97 Å². The van der Waals surface area contributed by atoms with Gasteiger partial charge in [-0.15, -0.1) is 0 Å². The zero-order valence-corrected chi connectivity index (χ0v) is 18.4. The van der Waals surface area contributed by atoms with Gasteiger partial charge in [-0.25, -0.2) is 4.79 Å². The number of carbonyl (C=O) groups is 1. The molecule has 0 aliphatic rings. The maximum atomic E-state index is 12.8. The summed E-state index contributed by atoms with van der Waals surface area (Å²) in [6.07, 6.45) is 1.90. The van der Waals surface area contributed by atoms with Crippen molar-refractivity contribution in [2.45, 2.75) is 19.5 Å². The molecular formula is C27H26N2O4. The molecule has 2 N–H and O–H groups in total. The molecule has 33 heavy (non-hydrogen) atoms. The summed E-state index contributed by atoms with van der Waals surface area (Å²) in [6, 6.07) is 23.9. The first-order valence-corrected chi connectivity index (χ1v) is 10.8. The lowest BCUT2D eigenvalue weighted by Gasteiger charge is -2.23.